The van der Waals surface area contributed by atoms with Gasteiger partial charge in [-0.05, 0) is 30.9 Å². The van der Waals surface area contributed by atoms with Crippen LogP contribution in [0, 0.1) is 5.92 Å². The molecule has 1 N–H and O–H groups in total. The van der Waals surface area contributed by atoms with Crippen molar-refractivity contribution in [3.8, 4) is 0 Å². The minimum absolute atomic E-state index is 0.272. The Kier molecular flexibility index (Phi) is 5.63. The molecule has 0 aromatic carbocycles. The topological polar surface area (TPSA) is 24.9 Å². The summed E-state index contributed by atoms with van der Waals surface area (Å²) in [6.45, 7) is 6.38. The zero-order valence-corrected chi connectivity index (χ0v) is 11.6. The molecule has 1 aromatic rings. The van der Waals surface area contributed by atoms with Crippen LogP contribution in [0.3, 0.4) is 0 Å². The quantitative estimate of drug-likeness (QED) is 0.811. The smallest absolute Gasteiger partial charge is 0.381 e. The molecule has 0 fully saturated rings. The van der Waals surface area contributed by atoms with Crippen molar-refractivity contribution in [3.05, 3.63) is 24.0 Å². The summed E-state index contributed by atoms with van der Waals surface area (Å²) in [6.07, 6.45) is -0.0790. The molecule has 1 heterocycles. The molecule has 1 rings (SSSR count). The number of nitrogens with zero attached hydrogens (tertiary/aromatic N) is 1. The molecule has 0 aliphatic carbocycles. The van der Waals surface area contributed by atoms with Gasteiger partial charge in [-0.1, -0.05) is 27.2 Å². The zero-order chi connectivity index (χ0) is 14.5. The Balaban J connectivity index is 2.65. The van der Waals surface area contributed by atoms with Crippen molar-refractivity contribution in [2.45, 2.75) is 52.3 Å². The van der Waals surface area contributed by atoms with Crippen LogP contribution >= 0.6 is 0 Å². The Bertz CT molecular complexity index is 373. The van der Waals surface area contributed by atoms with Gasteiger partial charge in [-0.3, -0.25) is 0 Å². The van der Waals surface area contributed by atoms with Gasteiger partial charge in [-0.25, -0.2) is 4.98 Å². The maximum absolute atomic E-state index is 12.4. The number of hydrogen-bond donors (Lipinski definition) is 1. The third-order valence-electron chi connectivity index (χ3n) is 3.30. The van der Waals surface area contributed by atoms with Crippen LogP contribution in [-0.4, -0.2) is 11.0 Å². The lowest BCUT2D eigenvalue weighted by Gasteiger charge is -2.21. The Morgan fingerprint density at radius 2 is 1.89 bits per heavy atom. The molecule has 0 bridgehead atoms. The summed E-state index contributed by atoms with van der Waals surface area (Å²) in [4.78, 5) is 3.45. The Hall–Kier alpha value is -1.26. The van der Waals surface area contributed by atoms with Gasteiger partial charge >= 0.3 is 6.18 Å². The molecule has 0 radical (unpaired) electrons. The number of halogens is 3. The zero-order valence-electron chi connectivity index (χ0n) is 11.6. The molecule has 108 valence electrons. The first kappa shape index (κ1) is 15.8. The molecule has 2 unspecified atom stereocenters. The minimum atomic E-state index is -4.38. The van der Waals surface area contributed by atoms with Crippen LogP contribution in [0.15, 0.2) is 18.3 Å². The Labute approximate surface area is 112 Å². The van der Waals surface area contributed by atoms with E-state index in [0.29, 0.717) is 11.6 Å². The van der Waals surface area contributed by atoms with Crippen molar-refractivity contribution in [1.29, 1.82) is 0 Å². The normalized spacial score (nSPS) is 15.1. The standard InChI is InChI=1S/C14H21F3N2/c1-4-10(3)8-11(5-2)19-12-6-7-13(18-9-12)14(15,16)17/h6-7,9-11,19H,4-5,8H2,1-3H3. The van der Waals surface area contributed by atoms with E-state index >= 15 is 0 Å². The van der Waals surface area contributed by atoms with E-state index in [-0.39, 0.29) is 6.04 Å². The van der Waals surface area contributed by atoms with Gasteiger partial charge in [-0.2, -0.15) is 13.2 Å². The number of alkyl halides is 3. The molecule has 19 heavy (non-hydrogen) atoms. The summed E-state index contributed by atoms with van der Waals surface area (Å²) in [5.41, 5.74) is -0.212. The van der Waals surface area contributed by atoms with Crippen molar-refractivity contribution < 1.29 is 13.2 Å². The van der Waals surface area contributed by atoms with Crippen LogP contribution in [-0.2, 0) is 6.18 Å². The minimum Gasteiger partial charge on any atom is -0.381 e. The van der Waals surface area contributed by atoms with Crippen molar-refractivity contribution in [2.75, 3.05) is 5.32 Å². The number of nitrogens with one attached hydrogen (secondary N) is 1. The highest BCUT2D eigenvalue weighted by molar-refractivity contribution is 5.42. The fourth-order valence-corrected chi connectivity index (χ4v) is 1.86. The monoisotopic (exact) mass is 274 g/mol. The lowest BCUT2D eigenvalue weighted by atomic mass is 9.97. The summed E-state index contributed by atoms with van der Waals surface area (Å²) >= 11 is 0. The predicted molar refractivity (Wildman–Crippen MR) is 71.0 cm³/mol. The maximum atomic E-state index is 12.4. The summed E-state index contributed by atoms with van der Waals surface area (Å²) in [5.74, 6) is 0.597. The second-order valence-electron chi connectivity index (χ2n) is 4.93. The second-order valence-corrected chi connectivity index (χ2v) is 4.93. The van der Waals surface area contributed by atoms with E-state index in [1.165, 1.54) is 12.3 Å². The van der Waals surface area contributed by atoms with Crippen molar-refractivity contribution in [1.82, 2.24) is 4.98 Å². The SMILES string of the molecule is CCC(C)CC(CC)Nc1ccc(C(F)(F)F)nc1. The third kappa shape index (κ3) is 5.09. The molecular formula is C14H21F3N2. The van der Waals surface area contributed by atoms with Crippen LogP contribution < -0.4 is 5.32 Å². The van der Waals surface area contributed by atoms with E-state index in [2.05, 4.69) is 31.1 Å². The first-order chi connectivity index (χ1) is 8.86. The summed E-state index contributed by atoms with van der Waals surface area (Å²) in [5, 5.41) is 3.24. The lowest BCUT2D eigenvalue weighted by molar-refractivity contribution is -0.141. The number of anilines is 1. The predicted octanol–water partition coefficient (Wildman–Crippen LogP) is 4.73. The van der Waals surface area contributed by atoms with Gasteiger partial charge in [0.05, 0.1) is 11.9 Å². The molecule has 0 saturated heterocycles. The fraction of sp³-hybridized carbons (Fsp3) is 0.643. The molecule has 0 saturated carbocycles. The van der Waals surface area contributed by atoms with Crippen LogP contribution in [0.2, 0.25) is 0 Å². The second kappa shape index (κ2) is 6.78. The van der Waals surface area contributed by atoms with Crippen LogP contribution in [0.1, 0.15) is 45.7 Å². The van der Waals surface area contributed by atoms with Gasteiger partial charge in [0.2, 0.25) is 0 Å². The Morgan fingerprint density at radius 1 is 1.21 bits per heavy atom. The largest absolute Gasteiger partial charge is 0.433 e. The van der Waals surface area contributed by atoms with Gasteiger partial charge in [0.1, 0.15) is 5.69 Å². The summed E-state index contributed by atoms with van der Waals surface area (Å²) in [7, 11) is 0. The van der Waals surface area contributed by atoms with E-state index in [9.17, 15) is 13.2 Å². The summed E-state index contributed by atoms with van der Waals surface area (Å²) in [6, 6.07) is 2.72. The van der Waals surface area contributed by atoms with Crippen LogP contribution in [0.25, 0.3) is 0 Å². The first-order valence-electron chi connectivity index (χ1n) is 6.66. The molecule has 2 nitrogen and oxygen atoms in total. The van der Waals surface area contributed by atoms with Crippen molar-refractivity contribution in [3.63, 3.8) is 0 Å². The van der Waals surface area contributed by atoms with Crippen LogP contribution in [0.4, 0.5) is 18.9 Å². The highest BCUT2D eigenvalue weighted by Crippen LogP contribution is 2.28. The summed E-state index contributed by atoms with van der Waals surface area (Å²) < 4.78 is 37.1. The first-order valence-corrected chi connectivity index (χ1v) is 6.66. The Morgan fingerprint density at radius 3 is 2.32 bits per heavy atom. The molecule has 0 aliphatic heterocycles. The molecule has 2 atom stereocenters. The number of hydrogen-bond acceptors (Lipinski definition) is 2. The van der Waals surface area contributed by atoms with Gasteiger partial charge in [-0.15, -0.1) is 0 Å². The van der Waals surface area contributed by atoms with Gasteiger partial charge in [0, 0.05) is 6.04 Å². The average Bonchev–Trinajstić information content (AvgIpc) is 2.37. The molecule has 0 spiro atoms. The van der Waals surface area contributed by atoms with E-state index in [1.54, 1.807) is 0 Å². The van der Waals surface area contributed by atoms with E-state index in [4.69, 9.17) is 0 Å². The third-order valence-corrected chi connectivity index (χ3v) is 3.30. The molecule has 0 aliphatic rings. The van der Waals surface area contributed by atoms with Gasteiger partial charge in [0.25, 0.3) is 0 Å². The highest BCUT2D eigenvalue weighted by atomic mass is 19.4. The average molecular weight is 274 g/mol. The maximum Gasteiger partial charge on any atom is 0.433 e. The highest BCUT2D eigenvalue weighted by Gasteiger charge is 2.32. The lowest BCUT2D eigenvalue weighted by Crippen LogP contribution is -2.21. The van der Waals surface area contributed by atoms with Crippen LogP contribution in [0.5, 0.6) is 0 Å². The number of rotatable bonds is 6. The van der Waals surface area contributed by atoms with E-state index < -0.39 is 11.9 Å². The van der Waals surface area contributed by atoms with E-state index in [1.807, 2.05) is 0 Å². The molecule has 1 aromatic heterocycles. The van der Waals surface area contributed by atoms with E-state index in [0.717, 1.165) is 25.3 Å². The molecule has 5 heteroatoms. The molecule has 0 amide bonds. The van der Waals surface area contributed by atoms with Gasteiger partial charge < -0.3 is 5.32 Å². The van der Waals surface area contributed by atoms with Crippen molar-refractivity contribution >= 4 is 5.69 Å². The van der Waals surface area contributed by atoms with Gasteiger partial charge in [0.15, 0.2) is 0 Å². The fourth-order valence-electron chi connectivity index (χ4n) is 1.86. The number of aromatic nitrogens is 1. The molecular weight excluding hydrogens is 253 g/mol. The number of pyridine rings is 1. The van der Waals surface area contributed by atoms with Crippen molar-refractivity contribution in [2.24, 2.45) is 5.92 Å².